The number of anilines is 1. The molecule has 1 fully saturated rings. The topological polar surface area (TPSA) is 84.1 Å². The number of carbonyl (C=O) groups is 1. The van der Waals surface area contributed by atoms with Crippen molar-refractivity contribution in [3.8, 4) is 0 Å². The minimum atomic E-state index is -0.174. The third kappa shape index (κ3) is 5.00. The molecule has 0 saturated carbocycles. The summed E-state index contributed by atoms with van der Waals surface area (Å²) in [6.07, 6.45) is 3.11. The van der Waals surface area contributed by atoms with E-state index in [1.807, 2.05) is 6.07 Å². The minimum Gasteiger partial charge on any atom is -0.368 e. The van der Waals surface area contributed by atoms with Gasteiger partial charge in [-0.05, 0) is 44.4 Å². The summed E-state index contributed by atoms with van der Waals surface area (Å²) in [6.45, 7) is 4.77. The van der Waals surface area contributed by atoms with Gasteiger partial charge in [0.1, 0.15) is 5.69 Å². The van der Waals surface area contributed by atoms with Crippen molar-refractivity contribution in [2.45, 2.75) is 32.2 Å². The van der Waals surface area contributed by atoms with Gasteiger partial charge in [0.05, 0.1) is 0 Å². The van der Waals surface area contributed by atoms with Gasteiger partial charge in [0.25, 0.3) is 5.91 Å². The van der Waals surface area contributed by atoms with Crippen molar-refractivity contribution in [2.75, 3.05) is 25.4 Å². The molecule has 25 heavy (non-hydrogen) atoms. The van der Waals surface area contributed by atoms with E-state index >= 15 is 0 Å². The second-order valence-corrected chi connectivity index (χ2v) is 6.60. The average molecular weight is 339 g/mol. The number of hydrogen-bond donors (Lipinski definition) is 2. The lowest BCUT2D eigenvalue weighted by molar-refractivity contribution is 0.0899. The molecule has 1 aliphatic rings. The first-order valence-electron chi connectivity index (χ1n) is 8.78. The summed E-state index contributed by atoms with van der Waals surface area (Å²) in [5.74, 6) is -0.0367. The molecular weight excluding hydrogens is 314 g/mol. The summed E-state index contributed by atoms with van der Waals surface area (Å²) in [4.78, 5) is 22.9. The van der Waals surface area contributed by atoms with Crippen LogP contribution in [0, 0.1) is 6.92 Å². The first-order valence-corrected chi connectivity index (χ1v) is 8.78. The van der Waals surface area contributed by atoms with Crippen LogP contribution in [0.25, 0.3) is 0 Å². The number of carbonyl (C=O) groups excluding carboxylic acids is 1. The predicted molar refractivity (Wildman–Crippen MR) is 98.3 cm³/mol. The Bertz CT molecular complexity index is 699. The van der Waals surface area contributed by atoms with Crippen molar-refractivity contribution in [3.63, 3.8) is 0 Å². The molecule has 0 radical (unpaired) electrons. The monoisotopic (exact) mass is 339 g/mol. The van der Waals surface area contributed by atoms with E-state index in [1.165, 1.54) is 5.56 Å². The van der Waals surface area contributed by atoms with E-state index in [-0.39, 0.29) is 17.9 Å². The molecule has 2 aromatic rings. The summed E-state index contributed by atoms with van der Waals surface area (Å²) in [7, 11) is 0. The van der Waals surface area contributed by atoms with E-state index in [9.17, 15) is 4.79 Å². The summed E-state index contributed by atoms with van der Waals surface area (Å²) >= 11 is 0. The van der Waals surface area contributed by atoms with E-state index < -0.39 is 0 Å². The highest BCUT2D eigenvalue weighted by Gasteiger charge is 2.22. The summed E-state index contributed by atoms with van der Waals surface area (Å²) < 4.78 is 0. The largest absolute Gasteiger partial charge is 0.368 e. The highest BCUT2D eigenvalue weighted by molar-refractivity contribution is 5.92. The number of benzene rings is 1. The van der Waals surface area contributed by atoms with Crippen LogP contribution in [-0.2, 0) is 6.42 Å². The molecule has 2 heterocycles. The summed E-state index contributed by atoms with van der Waals surface area (Å²) in [6, 6.07) is 12.3. The van der Waals surface area contributed by atoms with E-state index in [2.05, 4.69) is 44.5 Å². The van der Waals surface area contributed by atoms with Crippen LogP contribution in [0.15, 0.2) is 36.4 Å². The number of aryl methyl sites for hydroxylation is 1. The van der Waals surface area contributed by atoms with Crippen molar-refractivity contribution < 1.29 is 4.79 Å². The fraction of sp³-hybridized carbons (Fsp3) is 0.421. The third-order valence-corrected chi connectivity index (χ3v) is 4.50. The molecule has 6 heteroatoms. The van der Waals surface area contributed by atoms with E-state index in [1.54, 1.807) is 13.0 Å². The maximum absolute atomic E-state index is 12.4. The SMILES string of the molecule is Cc1cc(C(=O)N[C@@H]2CCCN(CCc3ccccc3)C2)nc(N)n1. The van der Waals surface area contributed by atoms with Crippen LogP contribution in [0.2, 0.25) is 0 Å². The molecule has 0 aliphatic carbocycles. The Kier molecular flexibility index (Phi) is 5.60. The van der Waals surface area contributed by atoms with Gasteiger partial charge in [0.15, 0.2) is 0 Å². The van der Waals surface area contributed by atoms with Crippen molar-refractivity contribution in [2.24, 2.45) is 0 Å². The van der Waals surface area contributed by atoms with Crippen LogP contribution in [-0.4, -0.2) is 46.5 Å². The second kappa shape index (κ2) is 8.07. The summed E-state index contributed by atoms with van der Waals surface area (Å²) in [5, 5.41) is 3.09. The Labute approximate surface area is 148 Å². The smallest absolute Gasteiger partial charge is 0.270 e. The maximum Gasteiger partial charge on any atom is 0.270 e. The lowest BCUT2D eigenvalue weighted by Crippen LogP contribution is -2.48. The van der Waals surface area contributed by atoms with Gasteiger partial charge in [-0.25, -0.2) is 9.97 Å². The highest BCUT2D eigenvalue weighted by atomic mass is 16.2. The van der Waals surface area contributed by atoms with Crippen LogP contribution in [0.5, 0.6) is 0 Å². The predicted octanol–water partition coefficient (Wildman–Crippen LogP) is 1.80. The van der Waals surface area contributed by atoms with Crippen molar-refractivity contribution >= 4 is 11.9 Å². The Morgan fingerprint density at radius 2 is 2.12 bits per heavy atom. The molecule has 1 aromatic carbocycles. The van der Waals surface area contributed by atoms with Gasteiger partial charge >= 0.3 is 0 Å². The van der Waals surface area contributed by atoms with E-state index in [0.29, 0.717) is 11.4 Å². The normalized spacial score (nSPS) is 18.0. The third-order valence-electron chi connectivity index (χ3n) is 4.50. The molecule has 0 spiro atoms. The van der Waals surface area contributed by atoms with Crippen LogP contribution in [0.1, 0.15) is 34.6 Å². The second-order valence-electron chi connectivity index (χ2n) is 6.60. The van der Waals surface area contributed by atoms with E-state index in [0.717, 1.165) is 38.9 Å². The molecule has 3 N–H and O–H groups in total. The van der Waals surface area contributed by atoms with Crippen molar-refractivity contribution in [3.05, 3.63) is 53.3 Å². The van der Waals surface area contributed by atoms with Crippen LogP contribution in [0.4, 0.5) is 5.95 Å². The number of rotatable bonds is 5. The van der Waals surface area contributed by atoms with Gasteiger partial charge in [-0.2, -0.15) is 0 Å². The fourth-order valence-corrected chi connectivity index (χ4v) is 3.28. The summed E-state index contributed by atoms with van der Waals surface area (Å²) in [5.41, 5.74) is 8.02. The Morgan fingerprint density at radius 1 is 1.32 bits per heavy atom. The Morgan fingerprint density at radius 3 is 2.88 bits per heavy atom. The Balaban J connectivity index is 1.53. The van der Waals surface area contributed by atoms with E-state index in [4.69, 9.17) is 5.73 Å². The van der Waals surface area contributed by atoms with Gasteiger partial charge in [-0.3, -0.25) is 4.79 Å². The van der Waals surface area contributed by atoms with Gasteiger partial charge in [0.2, 0.25) is 5.95 Å². The number of piperidine rings is 1. The van der Waals surface area contributed by atoms with Gasteiger partial charge in [0, 0.05) is 24.8 Å². The first kappa shape index (κ1) is 17.4. The van der Waals surface area contributed by atoms with Gasteiger partial charge < -0.3 is 16.0 Å². The van der Waals surface area contributed by atoms with Crippen molar-refractivity contribution in [1.82, 2.24) is 20.2 Å². The molecule has 1 aromatic heterocycles. The van der Waals surface area contributed by atoms with Crippen LogP contribution >= 0.6 is 0 Å². The number of likely N-dealkylation sites (tertiary alicyclic amines) is 1. The number of amides is 1. The molecular formula is C19H25N5O. The first-order chi connectivity index (χ1) is 12.1. The molecule has 3 rings (SSSR count). The molecule has 132 valence electrons. The number of hydrogen-bond acceptors (Lipinski definition) is 5. The molecule has 0 bridgehead atoms. The highest BCUT2D eigenvalue weighted by Crippen LogP contribution is 2.12. The molecule has 1 amide bonds. The van der Waals surface area contributed by atoms with Gasteiger partial charge in [-0.15, -0.1) is 0 Å². The molecule has 1 aliphatic heterocycles. The number of nitrogens with zero attached hydrogens (tertiary/aromatic N) is 3. The molecule has 1 saturated heterocycles. The van der Waals surface area contributed by atoms with Crippen molar-refractivity contribution in [1.29, 1.82) is 0 Å². The number of nitrogens with two attached hydrogens (primary N) is 1. The van der Waals surface area contributed by atoms with Gasteiger partial charge in [-0.1, -0.05) is 30.3 Å². The zero-order valence-corrected chi connectivity index (χ0v) is 14.6. The zero-order chi connectivity index (χ0) is 17.6. The maximum atomic E-state index is 12.4. The zero-order valence-electron chi connectivity index (χ0n) is 14.6. The minimum absolute atomic E-state index is 0.137. The average Bonchev–Trinajstić information content (AvgIpc) is 2.60. The molecule has 6 nitrogen and oxygen atoms in total. The lowest BCUT2D eigenvalue weighted by Gasteiger charge is -2.33. The quantitative estimate of drug-likeness (QED) is 0.868. The standard InChI is InChI=1S/C19H25N5O/c1-14-12-17(23-19(20)21-14)18(25)22-16-8-5-10-24(13-16)11-9-15-6-3-2-4-7-15/h2-4,6-7,12,16H,5,8-11,13H2,1H3,(H,22,25)(H2,20,21,23)/t16-/m1/s1. The number of aromatic nitrogens is 2. The number of nitrogens with one attached hydrogen (secondary N) is 1. The van der Waals surface area contributed by atoms with Crippen LogP contribution in [0.3, 0.4) is 0 Å². The molecule has 1 atom stereocenters. The Hall–Kier alpha value is -2.47. The number of nitrogen functional groups attached to an aromatic ring is 1. The van der Waals surface area contributed by atoms with Crippen LogP contribution < -0.4 is 11.1 Å². The molecule has 0 unspecified atom stereocenters. The fourth-order valence-electron chi connectivity index (χ4n) is 3.28. The lowest BCUT2D eigenvalue weighted by atomic mass is 10.0.